The molecule has 1 nitrogen and oxygen atoms in total. The lowest BCUT2D eigenvalue weighted by Gasteiger charge is -2.15. The van der Waals surface area contributed by atoms with Gasteiger partial charge in [0.1, 0.15) is 5.82 Å². The Morgan fingerprint density at radius 3 is 2.82 bits per heavy atom. The zero-order valence-electron chi connectivity index (χ0n) is 9.01. The maximum Gasteiger partial charge on any atom is 0.125 e. The average Bonchev–Trinajstić information content (AvgIpc) is 2.70. The Balaban J connectivity index is 2.21. The summed E-state index contributed by atoms with van der Waals surface area (Å²) in [6.45, 7) is 2.01. The fourth-order valence-corrected chi connectivity index (χ4v) is 3.42. The first-order valence-electron chi connectivity index (χ1n) is 5.02. The molecule has 0 fully saturated rings. The number of rotatable bonds is 3. The number of anilines is 1. The third kappa shape index (κ3) is 3.00. The minimum absolute atomic E-state index is 0.0728. The summed E-state index contributed by atoms with van der Waals surface area (Å²) in [5, 5.41) is 5.73. The topological polar surface area (TPSA) is 12.0 Å². The number of halogens is 3. The Morgan fingerprint density at radius 1 is 1.41 bits per heavy atom. The number of hydrogen-bond donors (Lipinski definition) is 1. The molecule has 0 aliphatic heterocycles. The molecule has 2 rings (SSSR count). The van der Waals surface area contributed by atoms with E-state index in [0.717, 1.165) is 9.35 Å². The molecule has 0 saturated heterocycles. The summed E-state index contributed by atoms with van der Waals surface area (Å²) >= 11 is 11.1. The molecule has 1 heterocycles. The third-order valence-electron chi connectivity index (χ3n) is 2.34. The smallest absolute Gasteiger partial charge is 0.125 e. The minimum Gasteiger partial charge on any atom is -0.376 e. The van der Waals surface area contributed by atoms with Gasteiger partial charge in [-0.25, -0.2) is 4.39 Å². The average molecular weight is 335 g/mol. The van der Waals surface area contributed by atoms with E-state index in [9.17, 15) is 4.39 Å². The fraction of sp³-hybridized carbons (Fsp3) is 0.167. The third-order valence-corrected chi connectivity index (χ3v) is 4.72. The van der Waals surface area contributed by atoms with Gasteiger partial charge in [-0.05, 0) is 52.5 Å². The highest BCUT2D eigenvalue weighted by Gasteiger charge is 2.12. The molecule has 90 valence electrons. The zero-order chi connectivity index (χ0) is 12.4. The monoisotopic (exact) mass is 333 g/mol. The van der Waals surface area contributed by atoms with Gasteiger partial charge in [0.2, 0.25) is 0 Å². The summed E-state index contributed by atoms with van der Waals surface area (Å²) < 4.78 is 14.2. The molecule has 0 aliphatic carbocycles. The van der Waals surface area contributed by atoms with E-state index in [2.05, 4.69) is 21.2 Å². The van der Waals surface area contributed by atoms with Crippen LogP contribution in [-0.4, -0.2) is 0 Å². The minimum atomic E-state index is -0.297. The van der Waals surface area contributed by atoms with E-state index in [1.165, 1.54) is 12.1 Å². The van der Waals surface area contributed by atoms with E-state index >= 15 is 0 Å². The molecule has 17 heavy (non-hydrogen) atoms. The first-order chi connectivity index (χ1) is 8.08. The van der Waals surface area contributed by atoms with Crippen molar-refractivity contribution in [2.45, 2.75) is 13.0 Å². The highest BCUT2D eigenvalue weighted by molar-refractivity contribution is 9.10. The van der Waals surface area contributed by atoms with Gasteiger partial charge in [0.15, 0.2) is 0 Å². The number of hydrogen-bond acceptors (Lipinski definition) is 2. The van der Waals surface area contributed by atoms with E-state index < -0.39 is 0 Å². The lowest BCUT2D eigenvalue weighted by atomic mass is 10.2. The van der Waals surface area contributed by atoms with Crippen molar-refractivity contribution in [2.75, 3.05) is 5.32 Å². The standard InChI is InChI=1S/C12H10BrClFNS/c1-7(12-9(13)4-5-17-12)16-11-6-8(15)2-3-10(11)14/h2-7,16H,1H3. The Bertz CT molecular complexity index is 529. The van der Waals surface area contributed by atoms with Gasteiger partial charge in [0.25, 0.3) is 0 Å². The first-order valence-corrected chi connectivity index (χ1v) is 7.07. The zero-order valence-corrected chi connectivity index (χ0v) is 12.2. The van der Waals surface area contributed by atoms with Gasteiger partial charge in [-0.3, -0.25) is 0 Å². The molecule has 1 aromatic carbocycles. The summed E-state index contributed by atoms with van der Waals surface area (Å²) in [6.07, 6.45) is 0. The molecule has 0 saturated carbocycles. The molecule has 1 N–H and O–H groups in total. The van der Waals surface area contributed by atoms with E-state index in [1.807, 2.05) is 18.4 Å². The Morgan fingerprint density at radius 2 is 2.18 bits per heavy atom. The van der Waals surface area contributed by atoms with Gasteiger partial charge in [-0.15, -0.1) is 11.3 Å². The van der Waals surface area contributed by atoms with Crippen LogP contribution in [0, 0.1) is 5.82 Å². The predicted octanol–water partition coefficient (Wildman–Crippen LogP) is 5.48. The second-order valence-electron chi connectivity index (χ2n) is 3.62. The van der Waals surface area contributed by atoms with Crippen LogP contribution in [0.25, 0.3) is 0 Å². The molecule has 0 amide bonds. The molecule has 0 aliphatic rings. The molecule has 0 radical (unpaired) electrons. The predicted molar refractivity (Wildman–Crippen MR) is 75.5 cm³/mol. The fourth-order valence-electron chi connectivity index (χ4n) is 1.52. The van der Waals surface area contributed by atoms with Crippen LogP contribution < -0.4 is 5.32 Å². The van der Waals surface area contributed by atoms with E-state index in [1.54, 1.807) is 17.4 Å². The van der Waals surface area contributed by atoms with E-state index in [4.69, 9.17) is 11.6 Å². The van der Waals surface area contributed by atoms with Gasteiger partial charge in [0.05, 0.1) is 16.8 Å². The maximum atomic E-state index is 13.1. The number of benzene rings is 1. The lowest BCUT2D eigenvalue weighted by molar-refractivity contribution is 0.628. The van der Waals surface area contributed by atoms with Crippen LogP contribution in [0.15, 0.2) is 34.1 Å². The molecular formula is C12H10BrClFNS. The quantitative estimate of drug-likeness (QED) is 0.784. The SMILES string of the molecule is CC(Nc1cc(F)ccc1Cl)c1sccc1Br. The summed E-state index contributed by atoms with van der Waals surface area (Å²) in [5.74, 6) is -0.297. The molecule has 0 spiro atoms. The second kappa shape index (κ2) is 5.38. The molecule has 1 atom stereocenters. The summed E-state index contributed by atoms with van der Waals surface area (Å²) in [6, 6.07) is 6.36. The normalized spacial score (nSPS) is 12.5. The van der Waals surface area contributed by atoms with Crippen LogP contribution in [0.2, 0.25) is 5.02 Å². The highest BCUT2D eigenvalue weighted by atomic mass is 79.9. The van der Waals surface area contributed by atoms with Gasteiger partial charge in [-0.2, -0.15) is 0 Å². The van der Waals surface area contributed by atoms with Crippen molar-refractivity contribution < 1.29 is 4.39 Å². The van der Waals surface area contributed by atoms with Crippen molar-refractivity contribution >= 4 is 44.6 Å². The van der Waals surface area contributed by atoms with Crippen molar-refractivity contribution in [3.63, 3.8) is 0 Å². The van der Waals surface area contributed by atoms with Crippen molar-refractivity contribution in [1.29, 1.82) is 0 Å². The second-order valence-corrected chi connectivity index (χ2v) is 5.83. The first kappa shape index (κ1) is 12.9. The Kier molecular flexibility index (Phi) is 4.07. The van der Waals surface area contributed by atoms with Crippen molar-refractivity contribution in [1.82, 2.24) is 0 Å². The van der Waals surface area contributed by atoms with Gasteiger partial charge in [-0.1, -0.05) is 11.6 Å². The molecular weight excluding hydrogens is 325 g/mol. The maximum absolute atomic E-state index is 13.1. The Hall–Kier alpha value is -0.580. The number of thiophene rings is 1. The van der Waals surface area contributed by atoms with Crippen molar-refractivity contribution in [3.05, 3.63) is 49.8 Å². The summed E-state index contributed by atoms with van der Waals surface area (Å²) in [5.41, 5.74) is 0.611. The van der Waals surface area contributed by atoms with Crippen LogP contribution in [0.3, 0.4) is 0 Å². The molecule has 1 aromatic heterocycles. The van der Waals surface area contributed by atoms with E-state index in [0.29, 0.717) is 10.7 Å². The lowest BCUT2D eigenvalue weighted by Crippen LogP contribution is -2.06. The Labute approximate surface area is 117 Å². The number of nitrogens with one attached hydrogen (secondary N) is 1. The van der Waals surface area contributed by atoms with Crippen LogP contribution >= 0.6 is 38.9 Å². The van der Waals surface area contributed by atoms with Crippen LogP contribution in [0.1, 0.15) is 17.8 Å². The van der Waals surface area contributed by atoms with E-state index in [-0.39, 0.29) is 11.9 Å². The molecule has 1 unspecified atom stereocenters. The van der Waals surface area contributed by atoms with Crippen molar-refractivity contribution in [2.24, 2.45) is 0 Å². The highest BCUT2D eigenvalue weighted by Crippen LogP contribution is 2.33. The van der Waals surface area contributed by atoms with Crippen LogP contribution in [0.5, 0.6) is 0 Å². The van der Waals surface area contributed by atoms with Gasteiger partial charge >= 0.3 is 0 Å². The van der Waals surface area contributed by atoms with Crippen LogP contribution in [-0.2, 0) is 0 Å². The van der Waals surface area contributed by atoms with Gasteiger partial charge < -0.3 is 5.32 Å². The van der Waals surface area contributed by atoms with Crippen molar-refractivity contribution in [3.8, 4) is 0 Å². The van der Waals surface area contributed by atoms with Crippen LogP contribution in [0.4, 0.5) is 10.1 Å². The molecule has 2 aromatic rings. The summed E-state index contributed by atoms with van der Waals surface area (Å²) in [7, 11) is 0. The largest absolute Gasteiger partial charge is 0.376 e. The molecule has 0 bridgehead atoms. The molecule has 5 heteroatoms. The van der Waals surface area contributed by atoms with Gasteiger partial charge in [0, 0.05) is 9.35 Å². The summed E-state index contributed by atoms with van der Waals surface area (Å²) in [4.78, 5) is 1.16.